The molecule has 20 heavy (non-hydrogen) atoms. The summed E-state index contributed by atoms with van der Waals surface area (Å²) in [6, 6.07) is 0. The summed E-state index contributed by atoms with van der Waals surface area (Å²) in [5.74, 6) is 0. The summed E-state index contributed by atoms with van der Waals surface area (Å²) in [7, 11) is 1.51. The zero-order chi connectivity index (χ0) is 15.6. The second-order valence-corrected chi connectivity index (χ2v) is 5.13. The topological polar surface area (TPSA) is 88.4 Å². The highest BCUT2D eigenvalue weighted by atomic mass is 16.7. The van der Waals surface area contributed by atoms with Crippen LogP contribution in [0.1, 0.15) is 33.6 Å². The minimum atomic E-state index is -1.17. The molecule has 0 aliphatic rings. The molecule has 122 valence electrons. The fourth-order valence-corrected chi connectivity index (χ4v) is 1.94. The van der Waals surface area contributed by atoms with Gasteiger partial charge >= 0.3 is 0 Å². The number of rotatable bonds is 12. The Labute approximate surface area is 121 Å². The van der Waals surface area contributed by atoms with Crippen molar-refractivity contribution in [2.24, 2.45) is 5.41 Å². The molecule has 0 aromatic carbocycles. The van der Waals surface area contributed by atoms with E-state index in [4.69, 9.17) is 14.2 Å². The van der Waals surface area contributed by atoms with Crippen LogP contribution in [0.3, 0.4) is 0 Å². The second-order valence-electron chi connectivity index (χ2n) is 5.13. The minimum absolute atomic E-state index is 0.403. The van der Waals surface area contributed by atoms with Crippen LogP contribution in [0.15, 0.2) is 0 Å². The maximum atomic E-state index is 9.52. The van der Waals surface area contributed by atoms with Gasteiger partial charge in [-0.15, -0.1) is 0 Å². The number of unbranched alkanes of at least 4 members (excludes halogenated alkanes) is 1. The Bertz CT molecular complexity index is 223. The first-order chi connectivity index (χ1) is 9.51. The first kappa shape index (κ1) is 19.8. The zero-order valence-corrected chi connectivity index (χ0v) is 13.0. The fraction of sp³-hybridized carbons (Fsp3) is 1.00. The molecule has 0 saturated heterocycles. The molecule has 0 heterocycles. The van der Waals surface area contributed by atoms with Crippen LogP contribution in [0.4, 0.5) is 0 Å². The molecule has 0 aromatic rings. The molecular weight excluding hydrogens is 264 g/mol. The maximum Gasteiger partial charge on any atom is 0.155 e. The van der Waals surface area contributed by atoms with Crippen LogP contribution in [-0.2, 0) is 14.2 Å². The van der Waals surface area contributed by atoms with Crippen LogP contribution >= 0.6 is 0 Å². The standard InChI is InChI=1S/C14H30O6/c1-5-6-7-19-12(3)20-13(11(2)18-4)14(8-15,9-16)10-17/h11-13,15-17H,5-10H2,1-4H3. The summed E-state index contributed by atoms with van der Waals surface area (Å²) in [6.07, 6.45) is 0.373. The Morgan fingerprint density at radius 3 is 2.00 bits per heavy atom. The van der Waals surface area contributed by atoms with Gasteiger partial charge in [0.15, 0.2) is 6.29 Å². The van der Waals surface area contributed by atoms with Crippen LogP contribution < -0.4 is 0 Å². The highest BCUT2D eigenvalue weighted by Crippen LogP contribution is 2.28. The molecule has 0 rings (SSSR count). The van der Waals surface area contributed by atoms with Gasteiger partial charge in [0.2, 0.25) is 0 Å². The van der Waals surface area contributed by atoms with Crippen LogP contribution in [0, 0.1) is 5.41 Å². The smallest absolute Gasteiger partial charge is 0.155 e. The lowest BCUT2D eigenvalue weighted by Crippen LogP contribution is -2.53. The molecule has 0 aliphatic heterocycles. The lowest BCUT2D eigenvalue weighted by atomic mass is 9.81. The van der Waals surface area contributed by atoms with Gasteiger partial charge in [-0.2, -0.15) is 0 Å². The highest BCUT2D eigenvalue weighted by Gasteiger charge is 2.43. The largest absolute Gasteiger partial charge is 0.396 e. The van der Waals surface area contributed by atoms with Gasteiger partial charge in [0.05, 0.1) is 37.4 Å². The maximum absolute atomic E-state index is 9.52. The monoisotopic (exact) mass is 294 g/mol. The highest BCUT2D eigenvalue weighted by molar-refractivity contribution is 4.90. The first-order valence-electron chi connectivity index (χ1n) is 7.13. The van der Waals surface area contributed by atoms with E-state index in [1.165, 1.54) is 7.11 Å². The number of ether oxygens (including phenoxy) is 3. The third kappa shape index (κ3) is 5.63. The summed E-state index contributed by atoms with van der Waals surface area (Å²) < 4.78 is 16.5. The SMILES string of the molecule is CCCCOC(C)OC(C(C)OC)C(CO)(CO)CO. The molecule has 0 spiro atoms. The fourth-order valence-electron chi connectivity index (χ4n) is 1.94. The van der Waals surface area contributed by atoms with Crippen LogP contribution in [0.5, 0.6) is 0 Å². The summed E-state index contributed by atoms with van der Waals surface area (Å²) in [5.41, 5.74) is -1.17. The summed E-state index contributed by atoms with van der Waals surface area (Å²) in [6.45, 7) is 4.95. The normalized spacial score (nSPS) is 16.9. The number of hydrogen-bond donors (Lipinski definition) is 3. The van der Waals surface area contributed by atoms with E-state index >= 15 is 0 Å². The third-order valence-electron chi connectivity index (χ3n) is 3.54. The van der Waals surface area contributed by atoms with E-state index in [0.717, 1.165) is 12.8 Å². The van der Waals surface area contributed by atoms with E-state index in [2.05, 4.69) is 6.92 Å². The summed E-state index contributed by atoms with van der Waals surface area (Å²) >= 11 is 0. The van der Waals surface area contributed by atoms with E-state index in [9.17, 15) is 15.3 Å². The molecule has 6 heteroatoms. The van der Waals surface area contributed by atoms with Gasteiger partial charge in [-0.3, -0.25) is 0 Å². The molecule has 6 nitrogen and oxygen atoms in total. The Kier molecular flexibility index (Phi) is 10.4. The van der Waals surface area contributed by atoms with Crippen molar-refractivity contribution in [2.45, 2.75) is 52.1 Å². The lowest BCUT2D eigenvalue weighted by molar-refractivity contribution is -0.234. The van der Waals surface area contributed by atoms with Gasteiger partial charge < -0.3 is 29.5 Å². The van der Waals surface area contributed by atoms with Gasteiger partial charge in [0.1, 0.15) is 0 Å². The van der Waals surface area contributed by atoms with Gasteiger partial charge in [-0.25, -0.2) is 0 Å². The molecule has 0 amide bonds. The van der Waals surface area contributed by atoms with Gasteiger partial charge in [0.25, 0.3) is 0 Å². The van der Waals surface area contributed by atoms with Crippen molar-refractivity contribution in [3.8, 4) is 0 Å². The van der Waals surface area contributed by atoms with Gasteiger partial charge in [0, 0.05) is 13.7 Å². The van der Waals surface area contributed by atoms with Gasteiger partial charge in [-0.1, -0.05) is 13.3 Å². The van der Waals surface area contributed by atoms with E-state index in [1.807, 2.05) is 0 Å². The third-order valence-corrected chi connectivity index (χ3v) is 3.54. The predicted octanol–water partition coefficient (Wildman–Crippen LogP) is 0.532. The first-order valence-corrected chi connectivity index (χ1v) is 7.13. The van der Waals surface area contributed by atoms with Crippen LogP contribution in [0.2, 0.25) is 0 Å². The Hall–Kier alpha value is -0.240. The molecule has 0 fully saturated rings. The molecule has 0 radical (unpaired) electrons. The average molecular weight is 294 g/mol. The number of aliphatic hydroxyl groups excluding tert-OH is 3. The molecular formula is C14H30O6. The lowest BCUT2D eigenvalue weighted by Gasteiger charge is -2.40. The number of aliphatic hydroxyl groups is 3. The van der Waals surface area contributed by atoms with Gasteiger partial charge in [-0.05, 0) is 20.3 Å². The summed E-state index contributed by atoms with van der Waals surface area (Å²) in [4.78, 5) is 0. The van der Waals surface area contributed by atoms with Crippen LogP contribution in [-0.4, -0.2) is 67.4 Å². The van der Waals surface area contributed by atoms with Crippen molar-refractivity contribution in [3.63, 3.8) is 0 Å². The molecule has 3 N–H and O–H groups in total. The summed E-state index contributed by atoms with van der Waals surface area (Å²) in [5, 5.41) is 28.6. The number of hydrogen-bond acceptors (Lipinski definition) is 6. The van der Waals surface area contributed by atoms with Crippen molar-refractivity contribution in [3.05, 3.63) is 0 Å². The molecule has 0 bridgehead atoms. The zero-order valence-electron chi connectivity index (χ0n) is 13.0. The molecule has 3 atom stereocenters. The molecule has 0 saturated carbocycles. The molecule has 0 aliphatic carbocycles. The quantitative estimate of drug-likeness (QED) is 0.359. The average Bonchev–Trinajstić information content (AvgIpc) is 2.47. The van der Waals surface area contributed by atoms with E-state index in [1.54, 1.807) is 13.8 Å². The van der Waals surface area contributed by atoms with Crippen molar-refractivity contribution in [2.75, 3.05) is 33.5 Å². The van der Waals surface area contributed by atoms with E-state index in [0.29, 0.717) is 6.61 Å². The minimum Gasteiger partial charge on any atom is -0.396 e. The van der Waals surface area contributed by atoms with Crippen molar-refractivity contribution < 1.29 is 29.5 Å². The second kappa shape index (κ2) is 10.5. The number of methoxy groups -OCH3 is 1. The Balaban J connectivity index is 4.79. The van der Waals surface area contributed by atoms with Crippen molar-refractivity contribution >= 4 is 0 Å². The Morgan fingerprint density at radius 2 is 1.60 bits per heavy atom. The predicted molar refractivity (Wildman–Crippen MR) is 75.4 cm³/mol. The van der Waals surface area contributed by atoms with Crippen molar-refractivity contribution in [1.82, 2.24) is 0 Å². The van der Waals surface area contributed by atoms with Crippen LogP contribution in [0.25, 0.3) is 0 Å². The Morgan fingerprint density at radius 1 is 1.05 bits per heavy atom. The van der Waals surface area contributed by atoms with Crippen molar-refractivity contribution in [1.29, 1.82) is 0 Å². The molecule has 0 aromatic heterocycles. The van der Waals surface area contributed by atoms with E-state index < -0.39 is 43.7 Å². The molecule has 3 unspecified atom stereocenters. The van der Waals surface area contributed by atoms with E-state index in [-0.39, 0.29) is 0 Å².